The van der Waals surface area contributed by atoms with Crippen LogP contribution in [-0.4, -0.2) is 23.5 Å². The highest BCUT2D eigenvalue weighted by Crippen LogP contribution is 2.14. The Bertz CT molecular complexity index is 428. The first kappa shape index (κ1) is 18.2. The van der Waals surface area contributed by atoms with E-state index in [9.17, 15) is 9.59 Å². The smallest absolute Gasteiger partial charge is 0.314 e. The molecule has 1 atom stereocenters. The normalized spacial score (nSPS) is 11.9. The van der Waals surface area contributed by atoms with Crippen LogP contribution < -0.4 is 4.74 Å². The van der Waals surface area contributed by atoms with Gasteiger partial charge in [0.05, 0.1) is 6.61 Å². The van der Waals surface area contributed by atoms with Gasteiger partial charge in [0, 0.05) is 0 Å². The average Bonchev–Trinajstić information content (AvgIpc) is 2.49. The minimum atomic E-state index is -0.995. The highest BCUT2D eigenvalue weighted by molar-refractivity contribution is 5.96. The Morgan fingerprint density at radius 2 is 1.59 bits per heavy atom. The SMILES string of the molecule is CC(=O)C(CCCCCCCCOc1ccccc1)C(=O)O. The third-order valence-electron chi connectivity index (χ3n) is 3.69. The van der Waals surface area contributed by atoms with Gasteiger partial charge in [-0.15, -0.1) is 0 Å². The molecule has 0 saturated heterocycles. The van der Waals surface area contributed by atoms with Crippen LogP contribution >= 0.6 is 0 Å². The van der Waals surface area contributed by atoms with Crippen LogP contribution in [0.1, 0.15) is 51.9 Å². The lowest BCUT2D eigenvalue weighted by atomic mass is 9.97. The first-order chi connectivity index (χ1) is 10.6. The van der Waals surface area contributed by atoms with Gasteiger partial charge in [0.15, 0.2) is 0 Å². The van der Waals surface area contributed by atoms with E-state index in [0.717, 1.165) is 50.9 Å². The third-order valence-corrected chi connectivity index (χ3v) is 3.69. The summed E-state index contributed by atoms with van der Waals surface area (Å²) in [5, 5.41) is 8.90. The summed E-state index contributed by atoms with van der Waals surface area (Å²) in [5.41, 5.74) is 0. The second-order valence-electron chi connectivity index (χ2n) is 5.57. The van der Waals surface area contributed by atoms with E-state index in [1.807, 2.05) is 30.3 Å². The van der Waals surface area contributed by atoms with Gasteiger partial charge in [0.2, 0.25) is 0 Å². The summed E-state index contributed by atoms with van der Waals surface area (Å²) in [6.07, 6.45) is 6.59. The number of carboxylic acids is 1. The largest absolute Gasteiger partial charge is 0.494 e. The van der Waals surface area contributed by atoms with Crippen LogP contribution in [-0.2, 0) is 9.59 Å². The second kappa shape index (κ2) is 10.8. The van der Waals surface area contributed by atoms with E-state index < -0.39 is 11.9 Å². The van der Waals surface area contributed by atoms with Gasteiger partial charge < -0.3 is 9.84 Å². The van der Waals surface area contributed by atoms with Crippen LogP contribution in [0.5, 0.6) is 5.75 Å². The quantitative estimate of drug-likeness (QED) is 0.467. The van der Waals surface area contributed by atoms with E-state index in [4.69, 9.17) is 9.84 Å². The van der Waals surface area contributed by atoms with Gasteiger partial charge in [-0.25, -0.2) is 0 Å². The lowest BCUT2D eigenvalue weighted by molar-refractivity contribution is -0.146. The molecule has 0 fully saturated rings. The van der Waals surface area contributed by atoms with Gasteiger partial charge in [0.1, 0.15) is 17.5 Å². The fraction of sp³-hybridized carbons (Fsp3) is 0.556. The molecule has 1 unspecified atom stereocenters. The predicted octanol–water partition coefficient (Wildman–Crippen LogP) is 4.09. The lowest BCUT2D eigenvalue weighted by Gasteiger charge is -2.08. The molecule has 0 radical (unpaired) electrons. The fourth-order valence-corrected chi connectivity index (χ4v) is 2.36. The molecule has 0 bridgehead atoms. The molecule has 1 aromatic carbocycles. The van der Waals surface area contributed by atoms with Crippen molar-refractivity contribution in [2.45, 2.75) is 51.9 Å². The number of Topliss-reactive ketones (excluding diaryl/α,β-unsaturated/α-hetero) is 1. The molecule has 122 valence electrons. The number of carboxylic acid groups (broad SMARTS) is 1. The number of ketones is 1. The first-order valence-electron chi connectivity index (χ1n) is 8.02. The molecule has 0 aliphatic heterocycles. The van der Waals surface area contributed by atoms with E-state index in [0.29, 0.717) is 6.42 Å². The summed E-state index contributed by atoms with van der Waals surface area (Å²) in [4.78, 5) is 22.0. The van der Waals surface area contributed by atoms with E-state index in [2.05, 4.69) is 0 Å². The van der Waals surface area contributed by atoms with Crippen LogP contribution in [0.25, 0.3) is 0 Å². The minimum absolute atomic E-state index is 0.245. The van der Waals surface area contributed by atoms with Gasteiger partial charge in [-0.1, -0.05) is 50.3 Å². The van der Waals surface area contributed by atoms with E-state index >= 15 is 0 Å². The Kier molecular flexibility index (Phi) is 8.96. The zero-order chi connectivity index (χ0) is 16.2. The molecule has 0 aliphatic carbocycles. The van der Waals surface area contributed by atoms with Crippen molar-refractivity contribution in [1.82, 2.24) is 0 Å². The summed E-state index contributed by atoms with van der Waals surface area (Å²) in [6.45, 7) is 2.08. The van der Waals surface area contributed by atoms with Crippen LogP contribution in [0.15, 0.2) is 30.3 Å². The number of para-hydroxylation sites is 1. The van der Waals surface area contributed by atoms with Crippen molar-refractivity contribution >= 4 is 11.8 Å². The molecule has 4 heteroatoms. The number of ether oxygens (including phenoxy) is 1. The molecule has 1 rings (SSSR count). The molecule has 0 aromatic heterocycles. The number of unbranched alkanes of at least 4 members (excludes halogenated alkanes) is 5. The zero-order valence-electron chi connectivity index (χ0n) is 13.3. The maximum Gasteiger partial charge on any atom is 0.314 e. The van der Waals surface area contributed by atoms with Crippen LogP contribution in [0.3, 0.4) is 0 Å². The van der Waals surface area contributed by atoms with Crippen LogP contribution in [0.4, 0.5) is 0 Å². The second-order valence-corrected chi connectivity index (χ2v) is 5.57. The Morgan fingerprint density at radius 1 is 1.00 bits per heavy atom. The maximum atomic E-state index is 11.1. The van der Waals surface area contributed by atoms with Crippen LogP contribution in [0, 0.1) is 5.92 Å². The fourth-order valence-electron chi connectivity index (χ4n) is 2.36. The lowest BCUT2D eigenvalue weighted by Crippen LogP contribution is -2.21. The van der Waals surface area contributed by atoms with Crippen molar-refractivity contribution in [3.63, 3.8) is 0 Å². The van der Waals surface area contributed by atoms with Crippen molar-refractivity contribution < 1.29 is 19.4 Å². The predicted molar refractivity (Wildman–Crippen MR) is 86.1 cm³/mol. The van der Waals surface area contributed by atoms with Gasteiger partial charge in [-0.2, -0.15) is 0 Å². The Labute approximate surface area is 132 Å². The van der Waals surface area contributed by atoms with Crippen molar-refractivity contribution in [1.29, 1.82) is 0 Å². The Balaban J connectivity index is 1.95. The molecule has 1 N–H and O–H groups in total. The molecule has 0 saturated carbocycles. The standard InChI is InChI=1S/C18H26O4/c1-15(19)17(18(20)21)13-9-4-2-3-5-10-14-22-16-11-7-6-8-12-16/h6-8,11-12,17H,2-5,9-10,13-14H2,1H3,(H,20,21). The molecule has 22 heavy (non-hydrogen) atoms. The average molecular weight is 306 g/mol. The monoisotopic (exact) mass is 306 g/mol. The van der Waals surface area contributed by atoms with Crippen molar-refractivity contribution in [2.75, 3.05) is 6.61 Å². The summed E-state index contributed by atoms with van der Waals surface area (Å²) >= 11 is 0. The minimum Gasteiger partial charge on any atom is -0.494 e. The van der Waals surface area contributed by atoms with Crippen LogP contribution in [0.2, 0.25) is 0 Å². The summed E-state index contributed by atoms with van der Waals surface area (Å²) < 4.78 is 5.62. The first-order valence-corrected chi connectivity index (χ1v) is 8.02. The molecular formula is C18H26O4. The maximum absolute atomic E-state index is 11.1. The van der Waals surface area contributed by atoms with Gasteiger partial charge in [0.25, 0.3) is 0 Å². The van der Waals surface area contributed by atoms with Crippen molar-refractivity contribution in [2.24, 2.45) is 5.92 Å². The summed E-state index contributed by atoms with van der Waals surface area (Å²) in [7, 11) is 0. The van der Waals surface area contributed by atoms with Gasteiger partial charge in [-0.3, -0.25) is 9.59 Å². The number of aliphatic carboxylic acids is 1. The molecule has 4 nitrogen and oxygen atoms in total. The zero-order valence-corrected chi connectivity index (χ0v) is 13.3. The molecule has 1 aromatic rings. The van der Waals surface area contributed by atoms with Crippen molar-refractivity contribution in [3.8, 4) is 5.75 Å². The number of carbonyl (C=O) groups is 2. The van der Waals surface area contributed by atoms with E-state index in [1.54, 1.807) is 0 Å². The Morgan fingerprint density at radius 3 is 2.18 bits per heavy atom. The van der Waals surface area contributed by atoms with Gasteiger partial charge in [-0.05, 0) is 31.9 Å². The summed E-state index contributed by atoms with van der Waals surface area (Å²) in [5.74, 6) is -1.15. The highest BCUT2D eigenvalue weighted by Gasteiger charge is 2.21. The third kappa shape index (κ3) is 7.81. The molecule has 0 aliphatic rings. The number of hydrogen-bond donors (Lipinski definition) is 1. The highest BCUT2D eigenvalue weighted by atomic mass is 16.5. The number of benzene rings is 1. The molecule has 0 heterocycles. The summed E-state index contributed by atoms with van der Waals surface area (Å²) in [6, 6.07) is 9.79. The van der Waals surface area contributed by atoms with Crippen molar-refractivity contribution in [3.05, 3.63) is 30.3 Å². The van der Waals surface area contributed by atoms with E-state index in [1.165, 1.54) is 6.92 Å². The molecule has 0 amide bonds. The number of rotatable bonds is 12. The Hall–Kier alpha value is -1.84. The molecule has 0 spiro atoms. The number of hydrogen-bond acceptors (Lipinski definition) is 3. The van der Waals surface area contributed by atoms with E-state index in [-0.39, 0.29) is 5.78 Å². The molecular weight excluding hydrogens is 280 g/mol. The topological polar surface area (TPSA) is 63.6 Å². The van der Waals surface area contributed by atoms with Gasteiger partial charge >= 0.3 is 5.97 Å². The number of carbonyl (C=O) groups excluding carboxylic acids is 1.